The van der Waals surface area contributed by atoms with Gasteiger partial charge in [-0.15, -0.1) is 11.3 Å². The van der Waals surface area contributed by atoms with E-state index < -0.39 is 0 Å². The Morgan fingerprint density at radius 3 is 2.64 bits per heavy atom. The van der Waals surface area contributed by atoms with E-state index in [0.29, 0.717) is 27.8 Å². The molecule has 2 heterocycles. The summed E-state index contributed by atoms with van der Waals surface area (Å²) in [6, 6.07) is 18.5. The molecular formula is C27H23ClN4O2S2. The highest BCUT2D eigenvalue weighted by Crippen LogP contribution is 2.35. The van der Waals surface area contributed by atoms with E-state index in [4.69, 9.17) is 21.8 Å². The summed E-state index contributed by atoms with van der Waals surface area (Å²) >= 11 is 8.94. The van der Waals surface area contributed by atoms with E-state index in [1.807, 2.05) is 30.3 Å². The number of amides is 1. The number of benzene rings is 2. The first-order valence-electron chi connectivity index (χ1n) is 11.7. The molecule has 4 aromatic rings. The Bertz CT molecular complexity index is 1510. The number of nitrogens with zero attached hydrogens (tertiary/aromatic N) is 4. The van der Waals surface area contributed by atoms with Gasteiger partial charge in [0.15, 0.2) is 5.16 Å². The molecule has 36 heavy (non-hydrogen) atoms. The van der Waals surface area contributed by atoms with Gasteiger partial charge in [0.25, 0.3) is 5.56 Å². The second-order valence-corrected chi connectivity index (χ2v) is 10.9. The summed E-state index contributed by atoms with van der Waals surface area (Å²) in [5.41, 5.74) is 2.42. The molecule has 2 aromatic heterocycles. The third kappa shape index (κ3) is 4.92. The smallest absolute Gasteiger partial charge is 0.267 e. The number of para-hydroxylation sites is 1. The monoisotopic (exact) mass is 534 g/mol. The summed E-state index contributed by atoms with van der Waals surface area (Å²) < 4.78 is 1.60. The number of halogens is 1. The van der Waals surface area contributed by atoms with Crippen molar-refractivity contribution >= 4 is 56.5 Å². The van der Waals surface area contributed by atoms with Crippen LogP contribution in [0.4, 0.5) is 5.69 Å². The first-order valence-corrected chi connectivity index (χ1v) is 13.9. The zero-order valence-electron chi connectivity index (χ0n) is 19.4. The molecule has 0 bridgehead atoms. The maximum absolute atomic E-state index is 13.9. The van der Waals surface area contributed by atoms with Gasteiger partial charge in [-0.25, -0.2) is 4.98 Å². The molecule has 5 rings (SSSR count). The van der Waals surface area contributed by atoms with Crippen LogP contribution in [0.1, 0.15) is 29.7 Å². The molecule has 0 aliphatic heterocycles. The van der Waals surface area contributed by atoms with Crippen LogP contribution in [0.3, 0.4) is 0 Å². The molecular weight excluding hydrogens is 512 g/mol. The molecule has 0 radical (unpaired) electrons. The fourth-order valence-electron chi connectivity index (χ4n) is 4.47. The van der Waals surface area contributed by atoms with E-state index in [1.54, 1.807) is 45.1 Å². The minimum absolute atomic E-state index is 0.0803. The first-order chi connectivity index (χ1) is 17.6. The summed E-state index contributed by atoms with van der Waals surface area (Å²) in [5, 5.41) is 10.8. The number of carbonyl (C=O) groups is 1. The maximum Gasteiger partial charge on any atom is 0.267 e. The minimum Gasteiger partial charge on any atom is -0.311 e. The summed E-state index contributed by atoms with van der Waals surface area (Å²) in [7, 11) is 0. The second kappa shape index (κ2) is 10.9. The van der Waals surface area contributed by atoms with Gasteiger partial charge in [-0.1, -0.05) is 41.6 Å². The Morgan fingerprint density at radius 2 is 1.89 bits per heavy atom. The van der Waals surface area contributed by atoms with E-state index in [-0.39, 0.29) is 23.6 Å². The molecule has 1 amide bonds. The van der Waals surface area contributed by atoms with Crippen LogP contribution in [0.2, 0.25) is 5.02 Å². The Balaban J connectivity index is 1.53. The van der Waals surface area contributed by atoms with Crippen LogP contribution in [-0.2, 0) is 17.6 Å². The lowest BCUT2D eigenvalue weighted by atomic mass is 9.97. The maximum atomic E-state index is 13.9. The topological polar surface area (TPSA) is 79.0 Å². The van der Waals surface area contributed by atoms with Gasteiger partial charge < -0.3 is 4.90 Å². The number of thioether (sulfide) groups is 1. The van der Waals surface area contributed by atoms with Gasteiger partial charge in [-0.05, 0) is 67.6 Å². The molecule has 0 unspecified atom stereocenters. The van der Waals surface area contributed by atoms with Crippen molar-refractivity contribution in [1.82, 2.24) is 9.55 Å². The van der Waals surface area contributed by atoms with Crippen LogP contribution in [0.25, 0.3) is 15.9 Å². The molecule has 2 aromatic carbocycles. The molecule has 1 aliphatic rings. The van der Waals surface area contributed by atoms with Crippen molar-refractivity contribution in [3.05, 3.63) is 80.4 Å². The third-order valence-electron chi connectivity index (χ3n) is 6.18. The van der Waals surface area contributed by atoms with Crippen molar-refractivity contribution in [3.63, 3.8) is 0 Å². The van der Waals surface area contributed by atoms with Crippen LogP contribution in [0.15, 0.2) is 64.5 Å². The van der Waals surface area contributed by atoms with Crippen molar-refractivity contribution in [2.24, 2.45) is 0 Å². The van der Waals surface area contributed by atoms with Gasteiger partial charge >= 0.3 is 0 Å². The third-order valence-corrected chi connectivity index (χ3v) is 8.54. The number of aryl methyl sites for hydroxylation is 2. The number of aromatic nitrogens is 2. The van der Waals surface area contributed by atoms with Crippen LogP contribution < -0.4 is 10.5 Å². The van der Waals surface area contributed by atoms with Gasteiger partial charge in [-0.3, -0.25) is 14.2 Å². The van der Waals surface area contributed by atoms with Crippen molar-refractivity contribution in [2.45, 2.75) is 37.3 Å². The van der Waals surface area contributed by atoms with Crippen LogP contribution >= 0.6 is 34.7 Å². The van der Waals surface area contributed by atoms with Gasteiger partial charge in [0.1, 0.15) is 4.83 Å². The van der Waals surface area contributed by atoms with Crippen molar-refractivity contribution in [2.75, 3.05) is 17.2 Å². The van der Waals surface area contributed by atoms with Gasteiger partial charge in [0, 0.05) is 22.1 Å². The average Bonchev–Trinajstić information content (AvgIpc) is 3.28. The molecule has 9 heteroatoms. The van der Waals surface area contributed by atoms with Crippen LogP contribution in [0, 0.1) is 11.3 Å². The number of thiophene rings is 1. The summed E-state index contributed by atoms with van der Waals surface area (Å²) in [6.07, 6.45) is 4.29. The number of hydrogen-bond donors (Lipinski definition) is 0. The lowest BCUT2D eigenvalue weighted by Gasteiger charge is -2.22. The van der Waals surface area contributed by atoms with Gasteiger partial charge in [-0.2, -0.15) is 5.26 Å². The first kappa shape index (κ1) is 24.6. The summed E-state index contributed by atoms with van der Waals surface area (Å²) in [4.78, 5) is 35.6. The van der Waals surface area contributed by atoms with E-state index >= 15 is 0 Å². The largest absolute Gasteiger partial charge is 0.311 e. The average molecular weight is 535 g/mol. The highest BCUT2D eigenvalue weighted by Gasteiger charge is 2.24. The Morgan fingerprint density at radius 1 is 1.14 bits per heavy atom. The highest BCUT2D eigenvalue weighted by atomic mass is 35.5. The Labute approximate surface area is 222 Å². The molecule has 0 saturated heterocycles. The molecule has 0 fully saturated rings. The molecule has 0 saturated carbocycles. The molecule has 6 nitrogen and oxygen atoms in total. The quantitative estimate of drug-likeness (QED) is 0.214. The summed E-state index contributed by atoms with van der Waals surface area (Å²) in [5.74, 6) is -0.0688. The van der Waals surface area contributed by atoms with E-state index in [0.717, 1.165) is 41.8 Å². The van der Waals surface area contributed by atoms with Crippen LogP contribution in [-0.4, -0.2) is 27.8 Å². The fraction of sp³-hybridized carbons (Fsp3) is 0.259. The van der Waals surface area contributed by atoms with Crippen molar-refractivity contribution < 1.29 is 4.79 Å². The number of nitriles is 1. The molecule has 0 N–H and O–H groups in total. The lowest BCUT2D eigenvalue weighted by molar-refractivity contribution is -0.116. The standard InChI is InChI=1S/C27H23ClN4O2S2/c28-18-11-13-20(14-12-18)32-26(34)24-21-9-4-5-10-22(21)36-25(24)30-27(32)35-17-23(33)31(16-6-15-29)19-7-2-1-3-8-19/h1-3,7-8,11-14H,4-6,9-10,16-17H2. The molecule has 182 valence electrons. The molecule has 0 spiro atoms. The summed E-state index contributed by atoms with van der Waals surface area (Å²) in [6.45, 7) is 0.300. The minimum atomic E-state index is -0.149. The van der Waals surface area contributed by atoms with Crippen molar-refractivity contribution in [1.29, 1.82) is 5.26 Å². The Kier molecular flexibility index (Phi) is 7.42. The molecule has 0 atom stereocenters. The van der Waals surface area contributed by atoms with E-state index in [1.165, 1.54) is 16.6 Å². The number of fused-ring (bicyclic) bond motifs is 3. The molecule has 1 aliphatic carbocycles. The zero-order valence-corrected chi connectivity index (χ0v) is 21.8. The fourth-order valence-corrected chi connectivity index (χ4v) is 6.79. The van der Waals surface area contributed by atoms with Crippen LogP contribution in [0.5, 0.6) is 0 Å². The Hall–Kier alpha value is -3.12. The van der Waals surface area contributed by atoms with Crippen molar-refractivity contribution in [3.8, 4) is 11.8 Å². The van der Waals surface area contributed by atoms with E-state index in [9.17, 15) is 9.59 Å². The number of carbonyl (C=O) groups excluding carboxylic acids is 1. The normalized spacial score (nSPS) is 12.8. The predicted octanol–water partition coefficient (Wildman–Crippen LogP) is 6.02. The predicted molar refractivity (Wildman–Crippen MR) is 147 cm³/mol. The SMILES string of the molecule is N#CCCN(C(=O)CSc1nc2sc3c(c2c(=O)n1-c1ccc(Cl)cc1)CCCC3)c1ccccc1. The zero-order chi connectivity index (χ0) is 25.1. The van der Waals surface area contributed by atoms with Gasteiger partial charge in [0.2, 0.25) is 5.91 Å². The second-order valence-electron chi connectivity index (χ2n) is 8.48. The number of anilines is 1. The number of hydrogen-bond acceptors (Lipinski definition) is 6. The lowest BCUT2D eigenvalue weighted by Crippen LogP contribution is -2.33. The highest BCUT2D eigenvalue weighted by molar-refractivity contribution is 7.99. The van der Waals surface area contributed by atoms with Gasteiger partial charge in [0.05, 0.1) is 29.3 Å². The number of rotatable bonds is 7. The van der Waals surface area contributed by atoms with E-state index in [2.05, 4.69) is 6.07 Å².